The van der Waals surface area contributed by atoms with Gasteiger partial charge in [-0.1, -0.05) is 6.92 Å². The Bertz CT molecular complexity index is 86.9. The molecule has 1 unspecified atom stereocenters. The Labute approximate surface area is 54.1 Å². The molecule has 0 aromatic rings. The van der Waals surface area contributed by atoms with E-state index in [0.717, 1.165) is 11.5 Å². The minimum Gasteiger partial charge on any atom is -0.315 e. The monoisotopic (exact) mass is 130 g/mol. The van der Waals surface area contributed by atoms with Crippen LogP contribution in [0, 0.1) is 11.3 Å². The predicted octanol–water partition coefficient (Wildman–Crippen LogP) is 0.590. The van der Waals surface area contributed by atoms with Crippen molar-refractivity contribution in [2.45, 2.75) is 13.0 Å². The molecule has 0 aliphatic heterocycles. The standard InChI is InChI=1S/C5H10N2S/c1-2-8-4-5(7)3-6/h5H,2,4,7H2,1H3. The van der Waals surface area contributed by atoms with Crippen molar-refractivity contribution in [3.05, 3.63) is 0 Å². The molecule has 0 saturated carbocycles. The van der Waals surface area contributed by atoms with E-state index in [-0.39, 0.29) is 6.04 Å². The van der Waals surface area contributed by atoms with Crippen molar-refractivity contribution in [3.8, 4) is 6.07 Å². The highest BCUT2D eigenvalue weighted by molar-refractivity contribution is 7.99. The SMILES string of the molecule is CCSCC(N)C#N. The number of nitrogens with zero attached hydrogens (tertiary/aromatic N) is 1. The van der Waals surface area contributed by atoms with Crippen LogP contribution in [0.5, 0.6) is 0 Å². The summed E-state index contributed by atoms with van der Waals surface area (Å²) in [5.74, 6) is 1.79. The smallest absolute Gasteiger partial charge is 0.102 e. The Morgan fingerprint density at radius 1 is 1.88 bits per heavy atom. The van der Waals surface area contributed by atoms with Gasteiger partial charge >= 0.3 is 0 Å². The van der Waals surface area contributed by atoms with Gasteiger partial charge in [0.1, 0.15) is 6.04 Å². The zero-order valence-electron chi connectivity index (χ0n) is 4.92. The number of hydrogen-bond donors (Lipinski definition) is 1. The van der Waals surface area contributed by atoms with Crippen molar-refractivity contribution in [1.29, 1.82) is 5.26 Å². The van der Waals surface area contributed by atoms with Gasteiger partial charge in [-0.3, -0.25) is 0 Å². The van der Waals surface area contributed by atoms with Crippen LogP contribution in [-0.2, 0) is 0 Å². The summed E-state index contributed by atoms with van der Waals surface area (Å²) in [5, 5.41) is 8.17. The second kappa shape index (κ2) is 4.95. The van der Waals surface area contributed by atoms with Gasteiger partial charge in [-0.2, -0.15) is 17.0 Å². The fraction of sp³-hybridized carbons (Fsp3) is 0.800. The van der Waals surface area contributed by atoms with E-state index in [2.05, 4.69) is 6.92 Å². The number of nitriles is 1. The van der Waals surface area contributed by atoms with Crippen molar-refractivity contribution in [3.63, 3.8) is 0 Å². The zero-order chi connectivity index (χ0) is 6.41. The van der Waals surface area contributed by atoms with Crippen LogP contribution in [0.3, 0.4) is 0 Å². The molecular formula is C5H10N2S. The van der Waals surface area contributed by atoms with E-state index in [1.807, 2.05) is 6.07 Å². The molecular weight excluding hydrogens is 120 g/mol. The first kappa shape index (κ1) is 7.80. The highest BCUT2D eigenvalue weighted by atomic mass is 32.2. The average Bonchev–Trinajstić information content (AvgIpc) is 1.83. The summed E-state index contributed by atoms with van der Waals surface area (Å²) in [4.78, 5) is 0. The maximum Gasteiger partial charge on any atom is 0.102 e. The van der Waals surface area contributed by atoms with Crippen LogP contribution >= 0.6 is 11.8 Å². The van der Waals surface area contributed by atoms with E-state index in [9.17, 15) is 0 Å². The summed E-state index contributed by atoms with van der Waals surface area (Å²) in [6.45, 7) is 2.05. The van der Waals surface area contributed by atoms with E-state index in [1.54, 1.807) is 11.8 Å². The van der Waals surface area contributed by atoms with Crippen molar-refractivity contribution in [2.24, 2.45) is 5.73 Å². The summed E-state index contributed by atoms with van der Waals surface area (Å²) >= 11 is 1.69. The predicted molar refractivity (Wildman–Crippen MR) is 36.6 cm³/mol. The fourth-order valence-corrected chi connectivity index (χ4v) is 0.846. The fourth-order valence-electron chi connectivity index (χ4n) is 0.282. The molecule has 0 fully saturated rings. The van der Waals surface area contributed by atoms with Crippen LogP contribution in [0.25, 0.3) is 0 Å². The van der Waals surface area contributed by atoms with E-state index < -0.39 is 0 Å². The zero-order valence-corrected chi connectivity index (χ0v) is 5.74. The van der Waals surface area contributed by atoms with E-state index >= 15 is 0 Å². The quantitative estimate of drug-likeness (QED) is 0.608. The Morgan fingerprint density at radius 3 is 2.88 bits per heavy atom. The molecule has 0 spiro atoms. The van der Waals surface area contributed by atoms with Crippen molar-refractivity contribution < 1.29 is 0 Å². The van der Waals surface area contributed by atoms with Gasteiger partial charge < -0.3 is 5.73 Å². The molecule has 2 N–H and O–H groups in total. The van der Waals surface area contributed by atoms with E-state index in [0.29, 0.717) is 0 Å². The Kier molecular flexibility index (Phi) is 4.82. The molecule has 0 rings (SSSR count). The minimum absolute atomic E-state index is 0.278. The third kappa shape index (κ3) is 3.97. The molecule has 0 saturated heterocycles. The largest absolute Gasteiger partial charge is 0.315 e. The van der Waals surface area contributed by atoms with Gasteiger partial charge in [0.2, 0.25) is 0 Å². The Balaban J connectivity index is 3.02. The van der Waals surface area contributed by atoms with Crippen LogP contribution in [0.15, 0.2) is 0 Å². The third-order valence-electron chi connectivity index (χ3n) is 0.667. The Hall–Kier alpha value is -0.200. The lowest BCUT2D eigenvalue weighted by Crippen LogP contribution is -2.19. The molecule has 0 amide bonds. The van der Waals surface area contributed by atoms with Gasteiger partial charge in [-0.05, 0) is 5.75 Å². The summed E-state index contributed by atoms with van der Waals surface area (Å²) in [6, 6.07) is 1.68. The summed E-state index contributed by atoms with van der Waals surface area (Å²) in [5.41, 5.74) is 5.28. The maximum atomic E-state index is 8.17. The summed E-state index contributed by atoms with van der Waals surface area (Å²) < 4.78 is 0. The second-order valence-electron chi connectivity index (χ2n) is 1.40. The van der Waals surface area contributed by atoms with E-state index in [1.165, 1.54) is 0 Å². The molecule has 0 aromatic carbocycles. The molecule has 1 atom stereocenters. The van der Waals surface area contributed by atoms with Crippen LogP contribution in [0.4, 0.5) is 0 Å². The molecule has 3 heteroatoms. The molecule has 0 heterocycles. The molecule has 0 aliphatic carbocycles. The van der Waals surface area contributed by atoms with Gasteiger partial charge in [0.25, 0.3) is 0 Å². The minimum atomic E-state index is -0.278. The topological polar surface area (TPSA) is 49.8 Å². The molecule has 0 radical (unpaired) electrons. The van der Waals surface area contributed by atoms with Crippen molar-refractivity contribution >= 4 is 11.8 Å². The first-order valence-corrected chi connectivity index (χ1v) is 3.69. The second-order valence-corrected chi connectivity index (χ2v) is 2.71. The lowest BCUT2D eigenvalue weighted by Gasteiger charge is -1.96. The lowest BCUT2D eigenvalue weighted by atomic mass is 10.4. The number of rotatable bonds is 3. The van der Waals surface area contributed by atoms with Gasteiger partial charge in [-0.25, -0.2) is 0 Å². The highest BCUT2D eigenvalue weighted by Crippen LogP contribution is 1.98. The van der Waals surface area contributed by atoms with Gasteiger partial charge in [-0.15, -0.1) is 0 Å². The Morgan fingerprint density at radius 2 is 2.50 bits per heavy atom. The van der Waals surface area contributed by atoms with Gasteiger partial charge in [0, 0.05) is 5.75 Å². The van der Waals surface area contributed by atoms with E-state index in [4.69, 9.17) is 11.0 Å². The summed E-state index contributed by atoms with van der Waals surface area (Å²) in [6.07, 6.45) is 0. The lowest BCUT2D eigenvalue weighted by molar-refractivity contribution is 0.954. The molecule has 0 bridgehead atoms. The molecule has 0 aromatic heterocycles. The summed E-state index contributed by atoms with van der Waals surface area (Å²) in [7, 11) is 0. The average molecular weight is 130 g/mol. The normalized spacial score (nSPS) is 12.6. The first-order chi connectivity index (χ1) is 3.81. The van der Waals surface area contributed by atoms with Crippen LogP contribution in [0.1, 0.15) is 6.92 Å². The molecule has 8 heavy (non-hydrogen) atoms. The van der Waals surface area contributed by atoms with Crippen molar-refractivity contribution in [2.75, 3.05) is 11.5 Å². The van der Waals surface area contributed by atoms with Crippen LogP contribution in [-0.4, -0.2) is 17.5 Å². The first-order valence-electron chi connectivity index (χ1n) is 2.54. The van der Waals surface area contributed by atoms with Crippen LogP contribution < -0.4 is 5.73 Å². The van der Waals surface area contributed by atoms with Crippen molar-refractivity contribution in [1.82, 2.24) is 0 Å². The molecule has 46 valence electrons. The molecule has 2 nitrogen and oxygen atoms in total. The third-order valence-corrected chi connectivity index (χ3v) is 1.67. The highest BCUT2D eigenvalue weighted by Gasteiger charge is 1.95. The maximum absolute atomic E-state index is 8.17. The number of thioether (sulfide) groups is 1. The number of hydrogen-bond acceptors (Lipinski definition) is 3. The van der Waals surface area contributed by atoms with Gasteiger partial charge in [0.15, 0.2) is 0 Å². The number of nitrogens with two attached hydrogens (primary N) is 1. The molecule has 0 aliphatic rings. The van der Waals surface area contributed by atoms with Crippen LogP contribution in [0.2, 0.25) is 0 Å². The van der Waals surface area contributed by atoms with Gasteiger partial charge in [0.05, 0.1) is 6.07 Å².